The Labute approximate surface area is 185 Å². The van der Waals surface area contributed by atoms with E-state index in [1.165, 1.54) is 6.92 Å². The highest BCUT2D eigenvalue weighted by Crippen LogP contribution is 2.35. The smallest absolute Gasteiger partial charge is 0.255 e. The van der Waals surface area contributed by atoms with Crippen LogP contribution < -0.4 is 25.4 Å². The van der Waals surface area contributed by atoms with Gasteiger partial charge in [0.1, 0.15) is 5.82 Å². The quantitative estimate of drug-likeness (QED) is 0.467. The maximum Gasteiger partial charge on any atom is 0.255 e. The molecule has 1 aliphatic rings. The maximum atomic E-state index is 12.8. The Balaban J connectivity index is 1.57. The third-order valence-corrected chi connectivity index (χ3v) is 4.78. The Morgan fingerprint density at radius 1 is 1.03 bits per heavy atom. The number of anilines is 1. The maximum absolute atomic E-state index is 12.8. The van der Waals surface area contributed by atoms with Crippen molar-refractivity contribution in [3.05, 3.63) is 66.0 Å². The molecule has 4 rings (SSSR count). The number of pyridine rings is 2. The van der Waals surface area contributed by atoms with Crippen LogP contribution in [0.2, 0.25) is 0 Å². The number of nitrogens with one attached hydrogen (secondary N) is 3. The Kier molecular flexibility index (Phi) is 6.45. The lowest BCUT2D eigenvalue weighted by Gasteiger charge is -2.14. The van der Waals surface area contributed by atoms with Crippen LogP contribution in [0.25, 0.3) is 11.3 Å². The minimum Gasteiger partial charge on any atom is -0.454 e. The molecule has 32 heavy (non-hydrogen) atoms. The summed E-state index contributed by atoms with van der Waals surface area (Å²) in [7, 11) is 0. The number of hydrogen-bond acceptors (Lipinski definition) is 7. The summed E-state index contributed by atoms with van der Waals surface area (Å²) >= 11 is 0. The summed E-state index contributed by atoms with van der Waals surface area (Å²) in [6.07, 6.45) is 3.46. The average molecular weight is 433 g/mol. The lowest BCUT2D eigenvalue weighted by atomic mass is 10.1. The van der Waals surface area contributed by atoms with E-state index in [-0.39, 0.29) is 18.6 Å². The van der Waals surface area contributed by atoms with E-state index >= 15 is 0 Å². The van der Waals surface area contributed by atoms with Crippen LogP contribution in [-0.4, -0.2) is 41.7 Å². The van der Waals surface area contributed by atoms with Gasteiger partial charge >= 0.3 is 0 Å². The summed E-state index contributed by atoms with van der Waals surface area (Å²) in [5.74, 6) is 1.37. The number of nitrogens with zero attached hydrogens (tertiary/aromatic N) is 2. The van der Waals surface area contributed by atoms with E-state index in [9.17, 15) is 9.59 Å². The van der Waals surface area contributed by atoms with Crippen molar-refractivity contribution in [1.82, 2.24) is 20.6 Å². The van der Waals surface area contributed by atoms with E-state index in [0.717, 1.165) is 11.1 Å². The molecule has 0 radical (unpaired) electrons. The topological polar surface area (TPSA) is 114 Å². The van der Waals surface area contributed by atoms with Gasteiger partial charge in [-0.2, -0.15) is 0 Å². The number of benzene rings is 1. The van der Waals surface area contributed by atoms with Gasteiger partial charge in [-0.15, -0.1) is 0 Å². The molecule has 0 atom stereocenters. The van der Waals surface area contributed by atoms with Crippen molar-refractivity contribution < 1.29 is 19.1 Å². The fourth-order valence-electron chi connectivity index (χ4n) is 3.19. The van der Waals surface area contributed by atoms with Crippen LogP contribution in [0, 0.1) is 0 Å². The van der Waals surface area contributed by atoms with Crippen molar-refractivity contribution in [2.45, 2.75) is 13.5 Å². The summed E-state index contributed by atoms with van der Waals surface area (Å²) in [6.45, 7) is 2.74. The molecule has 0 aliphatic carbocycles. The van der Waals surface area contributed by atoms with E-state index in [1.54, 1.807) is 24.5 Å². The molecular formula is C23H23N5O4. The Bertz CT molecular complexity index is 1120. The van der Waals surface area contributed by atoms with Gasteiger partial charge in [-0.05, 0) is 42.0 Å². The van der Waals surface area contributed by atoms with E-state index in [1.807, 2.05) is 30.3 Å². The second kappa shape index (κ2) is 9.78. The Morgan fingerprint density at radius 2 is 1.88 bits per heavy atom. The van der Waals surface area contributed by atoms with Crippen LogP contribution in [0.1, 0.15) is 22.8 Å². The van der Waals surface area contributed by atoms with Crippen molar-refractivity contribution in [1.29, 1.82) is 0 Å². The monoisotopic (exact) mass is 433 g/mol. The molecule has 0 fully saturated rings. The van der Waals surface area contributed by atoms with Gasteiger partial charge in [0.2, 0.25) is 12.7 Å². The first-order valence-corrected chi connectivity index (χ1v) is 10.2. The van der Waals surface area contributed by atoms with E-state index < -0.39 is 0 Å². The fraction of sp³-hybridized carbons (Fsp3) is 0.217. The number of carbonyl (C=O) groups is 2. The van der Waals surface area contributed by atoms with Gasteiger partial charge < -0.3 is 25.4 Å². The molecule has 0 unspecified atom stereocenters. The molecule has 164 valence electrons. The van der Waals surface area contributed by atoms with Crippen LogP contribution >= 0.6 is 0 Å². The molecule has 1 aliphatic heterocycles. The number of hydrogen-bond donors (Lipinski definition) is 3. The molecule has 9 nitrogen and oxygen atoms in total. The number of fused-ring (bicyclic) bond motifs is 1. The predicted molar refractivity (Wildman–Crippen MR) is 118 cm³/mol. The molecule has 1 aromatic carbocycles. The van der Waals surface area contributed by atoms with Gasteiger partial charge in [0.05, 0.1) is 11.3 Å². The Hall–Kier alpha value is -4.14. The summed E-state index contributed by atoms with van der Waals surface area (Å²) < 4.78 is 10.8. The van der Waals surface area contributed by atoms with Gasteiger partial charge in [-0.1, -0.05) is 6.07 Å². The molecule has 0 spiro atoms. The standard InChI is InChI=1S/C23H23N5O4/c1-15(29)25-9-10-26-23(30)18-5-6-19(17-4-7-20-21(11-17)32-14-31-20)28-22(18)27-13-16-3-2-8-24-12-16/h2-8,11-12H,9-10,13-14H2,1H3,(H,25,29)(H,26,30)(H,27,28). The molecule has 2 aromatic heterocycles. The second-order valence-electron chi connectivity index (χ2n) is 7.11. The number of amides is 2. The van der Waals surface area contributed by atoms with Gasteiger partial charge in [-0.25, -0.2) is 4.98 Å². The van der Waals surface area contributed by atoms with Crippen molar-refractivity contribution >= 4 is 17.6 Å². The highest BCUT2D eigenvalue weighted by Gasteiger charge is 2.17. The van der Waals surface area contributed by atoms with Gasteiger partial charge in [0.15, 0.2) is 11.5 Å². The largest absolute Gasteiger partial charge is 0.454 e. The predicted octanol–water partition coefficient (Wildman–Crippen LogP) is 2.35. The molecule has 3 heterocycles. The third kappa shape index (κ3) is 5.12. The van der Waals surface area contributed by atoms with Crippen molar-refractivity contribution in [3.63, 3.8) is 0 Å². The lowest BCUT2D eigenvalue weighted by Crippen LogP contribution is -2.34. The highest BCUT2D eigenvalue weighted by molar-refractivity contribution is 5.99. The van der Waals surface area contributed by atoms with Crippen LogP contribution in [0.15, 0.2) is 54.9 Å². The zero-order valence-corrected chi connectivity index (χ0v) is 17.6. The van der Waals surface area contributed by atoms with Crippen LogP contribution in [0.4, 0.5) is 5.82 Å². The zero-order chi connectivity index (χ0) is 22.3. The van der Waals surface area contributed by atoms with E-state index in [0.29, 0.717) is 48.2 Å². The van der Waals surface area contributed by atoms with Gasteiger partial charge in [0.25, 0.3) is 5.91 Å². The lowest BCUT2D eigenvalue weighted by molar-refractivity contribution is -0.118. The Morgan fingerprint density at radius 3 is 2.69 bits per heavy atom. The van der Waals surface area contributed by atoms with Crippen molar-refractivity contribution in [2.75, 3.05) is 25.2 Å². The molecule has 0 bridgehead atoms. The average Bonchev–Trinajstić information content (AvgIpc) is 3.29. The third-order valence-electron chi connectivity index (χ3n) is 4.78. The number of aromatic nitrogens is 2. The van der Waals surface area contributed by atoms with Crippen molar-refractivity contribution in [2.24, 2.45) is 0 Å². The van der Waals surface area contributed by atoms with E-state index in [2.05, 4.69) is 20.9 Å². The number of rotatable bonds is 8. The summed E-state index contributed by atoms with van der Waals surface area (Å²) in [5.41, 5.74) is 2.89. The van der Waals surface area contributed by atoms with Gasteiger partial charge in [-0.3, -0.25) is 14.6 Å². The number of ether oxygens (including phenoxy) is 2. The first kappa shape index (κ1) is 21.1. The summed E-state index contributed by atoms with van der Waals surface area (Å²) in [4.78, 5) is 32.6. The second-order valence-corrected chi connectivity index (χ2v) is 7.11. The first-order chi connectivity index (χ1) is 15.6. The molecule has 9 heteroatoms. The van der Waals surface area contributed by atoms with Crippen LogP contribution in [0.5, 0.6) is 11.5 Å². The van der Waals surface area contributed by atoms with Crippen LogP contribution in [-0.2, 0) is 11.3 Å². The van der Waals surface area contributed by atoms with Crippen LogP contribution in [0.3, 0.4) is 0 Å². The molecule has 3 aromatic rings. The molecule has 0 saturated carbocycles. The van der Waals surface area contributed by atoms with E-state index in [4.69, 9.17) is 14.5 Å². The summed E-state index contributed by atoms with van der Waals surface area (Å²) in [6, 6.07) is 12.9. The van der Waals surface area contributed by atoms with Crippen molar-refractivity contribution in [3.8, 4) is 22.8 Å². The molecule has 2 amide bonds. The first-order valence-electron chi connectivity index (χ1n) is 10.2. The normalized spacial score (nSPS) is 11.7. The van der Waals surface area contributed by atoms with Gasteiger partial charge in [0, 0.05) is 44.5 Å². The minimum atomic E-state index is -0.284. The highest BCUT2D eigenvalue weighted by atomic mass is 16.7. The molecule has 3 N–H and O–H groups in total. The fourth-order valence-corrected chi connectivity index (χ4v) is 3.19. The molecular weight excluding hydrogens is 410 g/mol. The SMILES string of the molecule is CC(=O)NCCNC(=O)c1ccc(-c2ccc3c(c2)OCO3)nc1NCc1cccnc1. The molecule has 0 saturated heterocycles. The zero-order valence-electron chi connectivity index (χ0n) is 17.6. The summed E-state index contributed by atoms with van der Waals surface area (Å²) in [5, 5.41) is 8.70. The number of carbonyl (C=O) groups excluding carboxylic acids is 2. The minimum absolute atomic E-state index is 0.146.